The quantitative estimate of drug-likeness (QED) is 0.463. The average Bonchev–Trinajstić information content (AvgIpc) is 2.65. The maximum Gasteiger partial charge on any atom is 0.416 e. The molecule has 2 aromatic carbocycles. The third kappa shape index (κ3) is 7.04. The first kappa shape index (κ1) is 23.2. The van der Waals surface area contributed by atoms with Gasteiger partial charge in [-0.3, -0.25) is 4.79 Å². The summed E-state index contributed by atoms with van der Waals surface area (Å²) in [6.07, 6.45) is -4.56. The molecule has 0 saturated heterocycles. The van der Waals surface area contributed by atoms with Crippen molar-refractivity contribution < 1.29 is 36.3 Å². The van der Waals surface area contributed by atoms with Gasteiger partial charge in [0.1, 0.15) is 0 Å². The van der Waals surface area contributed by atoms with Crippen molar-refractivity contribution in [3.8, 4) is 0 Å². The van der Waals surface area contributed by atoms with E-state index in [4.69, 9.17) is 5.11 Å². The molecule has 0 aliphatic carbocycles. The van der Waals surface area contributed by atoms with Gasteiger partial charge in [-0.25, -0.2) is 17.9 Å². The van der Waals surface area contributed by atoms with E-state index >= 15 is 0 Å². The molecular formula is C18H18F3N3O5S. The number of hydrogen-bond acceptors (Lipinski definition) is 4. The van der Waals surface area contributed by atoms with E-state index in [-0.39, 0.29) is 35.7 Å². The van der Waals surface area contributed by atoms with Crippen LogP contribution in [0.15, 0.2) is 53.4 Å². The maximum atomic E-state index is 12.6. The molecule has 0 fully saturated rings. The molecule has 0 saturated carbocycles. The predicted molar refractivity (Wildman–Crippen MR) is 103 cm³/mol. The van der Waals surface area contributed by atoms with Crippen LogP contribution in [-0.4, -0.2) is 32.1 Å². The van der Waals surface area contributed by atoms with E-state index < -0.39 is 33.8 Å². The number of halogens is 3. The van der Waals surface area contributed by atoms with Crippen molar-refractivity contribution in [3.05, 3.63) is 54.1 Å². The van der Waals surface area contributed by atoms with Crippen molar-refractivity contribution in [2.75, 3.05) is 17.2 Å². The van der Waals surface area contributed by atoms with E-state index in [9.17, 15) is 31.2 Å². The zero-order chi connectivity index (χ0) is 22.4. The number of carboxylic acids is 1. The Morgan fingerprint density at radius 3 is 2.20 bits per heavy atom. The fourth-order valence-electron chi connectivity index (χ4n) is 2.31. The molecular weight excluding hydrogens is 427 g/mol. The van der Waals surface area contributed by atoms with Gasteiger partial charge in [-0.05, 0) is 48.9 Å². The summed E-state index contributed by atoms with van der Waals surface area (Å²) in [5, 5.41) is 13.3. The highest BCUT2D eigenvalue weighted by molar-refractivity contribution is 7.89. The number of benzene rings is 2. The van der Waals surface area contributed by atoms with E-state index in [1.54, 1.807) is 0 Å². The summed E-state index contributed by atoms with van der Waals surface area (Å²) in [7, 11) is -3.92. The molecule has 0 bridgehead atoms. The topological polar surface area (TPSA) is 125 Å². The van der Waals surface area contributed by atoms with E-state index in [0.717, 1.165) is 24.3 Å². The summed E-state index contributed by atoms with van der Waals surface area (Å²) < 4.78 is 64.4. The number of hydrogen-bond donors (Lipinski definition) is 4. The van der Waals surface area contributed by atoms with Crippen LogP contribution < -0.4 is 15.4 Å². The van der Waals surface area contributed by atoms with Crippen LogP contribution in [0.25, 0.3) is 0 Å². The summed E-state index contributed by atoms with van der Waals surface area (Å²) in [4.78, 5) is 22.3. The first-order valence-electron chi connectivity index (χ1n) is 8.54. The molecule has 0 unspecified atom stereocenters. The Morgan fingerprint density at radius 2 is 1.60 bits per heavy atom. The number of amides is 2. The highest BCUT2D eigenvalue weighted by Gasteiger charge is 2.30. The summed E-state index contributed by atoms with van der Waals surface area (Å²) in [6, 6.07) is 8.32. The molecule has 2 rings (SSSR count). The lowest BCUT2D eigenvalue weighted by Gasteiger charge is -2.11. The second-order valence-corrected chi connectivity index (χ2v) is 7.84. The van der Waals surface area contributed by atoms with Crippen LogP contribution >= 0.6 is 0 Å². The summed E-state index contributed by atoms with van der Waals surface area (Å²) >= 11 is 0. The number of urea groups is 1. The van der Waals surface area contributed by atoms with Gasteiger partial charge in [0, 0.05) is 24.3 Å². The zero-order valence-electron chi connectivity index (χ0n) is 15.4. The van der Waals surface area contributed by atoms with Crippen LogP contribution in [0.2, 0.25) is 0 Å². The Balaban J connectivity index is 1.98. The lowest BCUT2D eigenvalue weighted by Crippen LogP contribution is -2.25. The first-order valence-corrected chi connectivity index (χ1v) is 10.0. The number of aliphatic carboxylic acids is 1. The van der Waals surface area contributed by atoms with Gasteiger partial charge in [-0.15, -0.1) is 0 Å². The van der Waals surface area contributed by atoms with Crippen molar-refractivity contribution in [3.63, 3.8) is 0 Å². The second kappa shape index (κ2) is 9.59. The molecule has 162 valence electrons. The van der Waals surface area contributed by atoms with E-state index in [2.05, 4.69) is 15.4 Å². The van der Waals surface area contributed by atoms with Crippen molar-refractivity contribution in [2.45, 2.75) is 23.9 Å². The third-order valence-corrected chi connectivity index (χ3v) is 5.19. The van der Waals surface area contributed by atoms with Gasteiger partial charge in [0.05, 0.1) is 10.5 Å². The van der Waals surface area contributed by atoms with Gasteiger partial charge in [0.2, 0.25) is 10.0 Å². The molecule has 0 atom stereocenters. The molecule has 0 radical (unpaired) electrons. The Kier molecular flexibility index (Phi) is 7.40. The SMILES string of the molecule is O=C(O)CCCNS(=O)(=O)c1cccc(NC(=O)Nc2ccc(C(F)(F)F)cc2)c1. The lowest BCUT2D eigenvalue weighted by molar-refractivity contribution is -0.138. The minimum absolute atomic E-state index is 0.0688. The fraction of sp³-hybridized carbons (Fsp3) is 0.222. The molecule has 2 aromatic rings. The monoisotopic (exact) mass is 445 g/mol. The van der Waals surface area contributed by atoms with Crippen LogP contribution in [0.3, 0.4) is 0 Å². The Hall–Kier alpha value is -3.12. The number of carbonyl (C=O) groups is 2. The highest BCUT2D eigenvalue weighted by Crippen LogP contribution is 2.29. The molecule has 0 aliphatic heterocycles. The molecule has 0 aromatic heterocycles. The van der Waals surface area contributed by atoms with Crippen molar-refractivity contribution in [2.24, 2.45) is 0 Å². The Labute approximate surface area is 170 Å². The summed E-state index contributed by atoms with van der Waals surface area (Å²) in [5.74, 6) is -1.04. The van der Waals surface area contributed by atoms with Gasteiger partial charge < -0.3 is 15.7 Å². The Morgan fingerprint density at radius 1 is 0.967 bits per heavy atom. The van der Waals surface area contributed by atoms with Crippen molar-refractivity contribution >= 4 is 33.4 Å². The number of rotatable bonds is 8. The van der Waals surface area contributed by atoms with Crippen LogP contribution in [0.5, 0.6) is 0 Å². The molecule has 0 heterocycles. The highest BCUT2D eigenvalue weighted by atomic mass is 32.2. The van der Waals surface area contributed by atoms with Crippen LogP contribution in [0.4, 0.5) is 29.3 Å². The zero-order valence-corrected chi connectivity index (χ0v) is 16.2. The largest absolute Gasteiger partial charge is 0.481 e. The third-order valence-electron chi connectivity index (χ3n) is 3.73. The van der Waals surface area contributed by atoms with Gasteiger partial charge in [-0.1, -0.05) is 6.07 Å². The summed E-state index contributed by atoms with van der Waals surface area (Å²) in [6.45, 7) is -0.0688. The normalized spacial score (nSPS) is 11.7. The maximum absolute atomic E-state index is 12.6. The number of alkyl halides is 3. The number of sulfonamides is 1. The van der Waals surface area contributed by atoms with E-state index in [1.807, 2.05) is 0 Å². The van der Waals surface area contributed by atoms with Gasteiger partial charge in [-0.2, -0.15) is 13.2 Å². The molecule has 4 N–H and O–H groups in total. The first-order chi connectivity index (χ1) is 14.0. The van der Waals surface area contributed by atoms with Gasteiger partial charge in [0.15, 0.2) is 0 Å². The predicted octanol–water partition coefficient (Wildman–Crippen LogP) is 3.49. The molecule has 30 heavy (non-hydrogen) atoms. The minimum atomic E-state index is -4.49. The number of carbonyl (C=O) groups excluding carboxylic acids is 1. The van der Waals surface area contributed by atoms with Crippen LogP contribution in [-0.2, 0) is 21.0 Å². The number of nitrogens with one attached hydrogen (secondary N) is 3. The standard InChI is InChI=1S/C18H18F3N3O5S/c19-18(20,21)12-6-8-13(9-7-12)23-17(27)24-14-3-1-4-15(11-14)30(28,29)22-10-2-5-16(25)26/h1,3-4,6-9,11,22H,2,5,10H2,(H,25,26)(H2,23,24,27). The van der Waals surface area contributed by atoms with Crippen LogP contribution in [0, 0.1) is 0 Å². The van der Waals surface area contributed by atoms with Gasteiger partial charge >= 0.3 is 18.2 Å². The molecule has 8 nitrogen and oxygen atoms in total. The molecule has 0 aliphatic rings. The number of anilines is 2. The number of carboxylic acid groups (broad SMARTS) is 1. The Bertz CT molecular complexity index is 1010. The smallest absolute Gasteiger partial charge is 0.416 e. The fourth-order valence-corrected chi connectivity index (χ4v) is 3.43. The average molecular weight is 445 g/mol. The lowest BCUT2D eigenvalue weighted by atomic mass is 10.2. The van der Waals surface area contributed by atoms with Crippen molar-refractivity contribution in [1.29, 1.82) is 0 Å². The van der Waals surface area contributed by atoms with Gasteiger partial charge in [0.25, 0.3) is 0 Å². The van der Waals surface area contributed by atoms with E-state index in [1.165, 1.54) is 24.3 Å². The molecule has 12 heteroatoms. The van der Waals surface area contributed by atoms with E-state index in [0.29, 0.717) is 0 Å². The van der Waals surface area contributed by atoms with Crippen LogP contribution in [0.1, 0.15) is 18.4 Å². The summed E-state index contributed by atoms with van der Waals surface area (Å²) in [5.41, 5.74) is -0.612. The second-order valence-electron chi connectivity index (χ2n) is 6.08. The minimum Gasteiger partial charge on any atom is -0.481 e. The van der Waals surface area contributed by atoms with Crippen molar-refractivity contribution in [1.82, 2.24) is 4.72 Å². The molecule has 2 amide bonds. The molecule has 0 spiro atoms.